The summed E-state index contributed by atoms with van der Waals surface area (Å²) in [4.78, 5) is -0.193. The molecule has 0 amide bonds. The third-order valence-corrected chi connectivity index (χ3v) is 7.91. The summed E-state index contributed by atoms with van der Waals surface area (Å²) in [6.45, 7) is 11.4. The molecule has 5 nitrogen and oxygen atoms in total. The van der Waals surface area contributed by atoms with Gasteiger partial charge in [0.1, 0.15) is 4.99 Å². The van der Waals surface area contributed by atoms with Gasteiger partial charge in [0.2, 0.25) is 0 Å². The molecule has 0 saturated carbocycles. The van der Waals surface area contributed by atoms with Crippen molar-refractivity contribution in [3.63, 3.8) is 0 Å². The van der Waals surface area contributed by atoms with Crippen molar-refractivity contribution >= 4 is 19.4 Å². The largest absolute Gasteiger partial charge is 0.344 e. The van der Waals surface area contributed by atoms with Crippen LogP contribution in [-0.4, -0.2) is 40.9 Å². The molecule has 2 saturated heterocycles. The molecule has 0 aromatic heterocycles. The molecule has 21 heavy (non-hydrogen) atoms. The maximum atomic E-state index is 13.2. The second kappa shape index (κ2) is 6.50. The fourth-order valence-electron chi connectivity index (χ4n) is 2.69. The second-order valence-corrected chi connectivity index (χ2v) is 10.3. The summed E-state index contributed by atoms with van der Waals surface area (Å²) in [5.41, 5.74) is 0. The minimum absolute atomic E-state index is 0.0360. The molecule has 0 unspecified atom stereocenters. The summed E-state index contributed by atoms with van der Waals surface area (Å²) >= 11 is 1.61. The van der Waals surface area contributed by atoms with Gasteiger partial charge in [0.05, 0.1) is 24.4 Å². The molecule has 124 valence electrons. The SMILES string of the molecule is CC(C)OP(=O)(OC(C)C)[C@H]1C[C@@H]2OC(C)(C)O[C@@H]2CS1. The lowest BCUT2D eigenvalue weighted by atomic mass is 10.2. The molecule has 2 aliphatic rings. The number of hydrogen-bond acceptors (Lipinski definition) is 6. The Balaban J connectivity index is 2.10. The van der Waals surface area contributed by atoms with Crippen LogP contribution < -0.4 is 0 Å². The van der Waals surface area contributed by atoms with E-state index >= 15 is 0 Å². The highest BCUT2D eigenvalue weighted by Gasteiger charge is 2.50. The molecule has 0 bridgehead atoms. The molecule has 3 atom stereocenters. The Morgan fingerprint density at radius 3 is 2.14 bits per heavy atom. The normalized spacial score (nSPS) is 32.7. The maximum Gasteiger partial charge on any atom is 0.344 e. The Morgan fingerprint density at radius 2 is 1.62 bits per heavy atom. The van der Waals surface area contributed by atoms with Gasteiger partial charge in [-0.1, -0.05) is 0 Å². The Kier molecular flexibility index (Phi) is 5.50. The van der Waals surface area contributed by atoms with Gasteiger partial charge >= 0.3 is 7.60 Å². The first-order valence-corrected chi connectivity index (χ1v) is 10.2. The lowest BCUT2D eigenvalue weighted by molar-refractivity contribution is -0.144. The summed E-state index contributed by atoms with van der Waals surface area (Å²) < 4.78 is 36.4. The van der Waals surface area contributed by atoms with Gasteiger partial charge in [-0.2, -0.15) is 0 Å². The van der Waals surface area contributed by atoms with Gasteiger partial charge in [-0.15, -0.1) is 11.8 Å². The van der Waals surface area contributed by atoms with Crippen molar-refractivity contribution in [3.8, 4) is 0 Å². The number of thioether (sulfide) groups is 1. The van der Waals surface area contributed by atoms with Gasteiger partial charge in [-0.3, -0.25) is 4.57 Å². The van der Waals surface area contributed by atoms with Crippen LogP contribution in [0.2, 0.25) is 0 Å². The number of fused-ring (bicyclic) bond motifs is 1. The van der Waals surface area contributed by atoms with Crippen LogP contribution in [0.25, 0.3) is 0 Å². The summed E-state index contributed by atoms with van der Waals surface area (Å²) in [5.74, 6) is 0.193. The highest BCUT2D eigenvalue weighted by molar-refractivity contribution is 8.05. The third-order valence-electron chi connectivity index (χ3n) is 3.24. The predicted octanol–water partition coefficient (Wildman–Crippen LogP) is 4.01. The van der Waals surface area contributed by atoms with Crippen LogP contribution in [0.4, 0.5) is 0 Å². The van der Waals surface area contributed by atoms with Crippen LogP contribution in [0.3, 0.4) is 0 Å². The fraction of sp³-hybridized carbons (Fsp3) is 1.00. The van der Waals surface area contributed by atoms with Gasteiger partial charge in [0.15, 0.2) is 5.79 Å². The lowest BCUT2D eigenvalue weighted by Crippen LogP contribution is -2.35. The lowest BCUT2D eigenvalue weighted by Gasteiger charge is -2.34. The topological polar surface area (TPSA) is 54.0 Å². The smallest absolute Gasteiger partial charge is 0.344 e. The maximum absolute atomic E-state index is 13.2. The van der Waals surface area contributed by atoms with E-state index in [2.05, 4.69) is 0 Å². The molecular weight excluding hydrogens is 311 g/mol. The fourth-order valence-corrected chi connectivity index (χ4v) is 6.96. The number of hydrogen-bond donors (Lipinski definition) is 0. The van der Waals surface area contributed by atoms with Gasteiger partial charge in [0, 0.05) is 5.75 Å². The Labute approximate surface area is 132 Å². The van der Waals surface area contributed by atoms with Crippen molar-refractivity contribution < 1.29 is 23.1 Å². The molecule has 7 heteroatoms. The number of rotatable bonds is 5. The molecular formula is C14H27O5PS. The minimum Gasteiger partial charge on any atom is -0.344 e. The first kappa shape index (κ1) is 17.8. The van der Waals surface area contributed by atoms with E-state index < -0.39 is 13.4 Å². The summed E-state index contributed by atoms with van der Waals surface area (Å²) in [6, 6.07) is 0. The van der Waals surface area contributed by atoms with Crippen molar-refractivity contribution in [2.24, 2.45) is 0 Å². The Bertz CT molecular complexity index is 398. The molecule has 0 aromatic rings. The zero-order chi connectivity index (χ0) is 15.8. The molecule has 0 aliphatic carbocycles. The van der Waals surface area contributed by atoms with E-state index in [1.54, 1.807) is 11.8 Å². The Morgan fingerprint density at radius 1 is 1.10 bits per heavy atom. The summed E-state index contributed by atoms with van der Waals surface area (Å²) in [6.07, 6.45) is 0.393. The first-order valence-electron chi connectivity index (χ1n) is 7.55. The standard InChI is InChI=1S/C14H27O5PS/c1-9(2)18-20(15,19-10(3)4)13-7-11-12(8-21-13)17-14(5,6)16-11/h9-13H,7-8H2,1-6H3/t11-,12+,13+/m0/s1. The predicted molar refractivity (Wildman–Crippen MR) is 84.7 cm³/mol. The first-order chi connectivity index (χ1) is 9.61. The Hall–Kier alpha value is 0.420. The second-order valence-electron chi connectivity index (χ2n) is 6.58. The van der Waals surface area contributed by atoms with Gasteiger partial charge < -0.3 is 18.5 Å². The van der Waals surface area contributed by atoms with E-state index in [0.29, 0.717) is 6.42 Å². The number of ether oxygens (including phenoxy) is 2. The molecule has 2 fully saturated rings. The zero-order valence-corrected chi connectivity index (χ0v) is 15.4. The van der Waals surface area contributed by atoms with Gasteiger partial charge in [-0.05, 0) is 48.0 Å². The van der Waals surface area contributed by atoms with Crippen LogP contribution in [0.5, 0.6) is 0 Å². The highest BCUT2D eigenvalue weighted by Crippen LogP contribution is 2.62. The van der Waals surface area contributed by atoms with Crippen LogP contribution in [0.1, 0.15) is 48.0 Å². The van der Waals surface area contributed by atoms with Crippen molar-refractivity contribution in [1.82, 2.24) is 0 Å². The highest BCUT2D eigenvalue weighted by atomic mass is 32.2. The molecule has 0 spiro atoms. The average Bonchev–Trinajstić information content (AvgIpc) is 2.58. The molecule has 2 aliphatic heterocycles. The quantitative estimate of drug-likeness (QED) is 0.706. The van der Waals surface area contributed by atoms with Gasteiger partial charge in [0.25, 0.3) is 0 Å². The van der Waals surface area contributed by atoms with E-state index in [1.165, 1.54) is 0 Å². The van der Waals surface area contributed by atoms with E-state index in [0.717, 1.165) is 5.75 Å². The monoisotopic (exact) mass is 338 g/mol. The van der Waals surface area contributed by atoms with Gasteiger partial charge in [-0.25, -0.2) is 0 Å². The zero-order valence-electron chi connectivity index (χ0n) is 13.7. The molecule has 0 radical (unpaired) electrons. The van der Waals surface area contributed by atoms with Crippen molar-refractivity contribution in [2.75, 3.05) is 5.75 Å². The third kappa shape index (κ3) is 4.46. The summed E-state index contributed by atoms with van der Waals surface area (Å²) in [7, 11) is -3.17. The van der Waals surface area contributed by atoms with Crippen molar-refractivity contribution in [2.45, 2.75) is 83.2 Å². The van der Waals surface area contributed by atoms with Crippen LogP contribution in [-0.2, 0) is 23.1 Å². The summed E-state index contributed by atoms with van der Waals surface area (Å²) in [5, 5.41) is 0. The van der Waals surface area contributed by atoms with Crippen LogP contribution in [0, 0.1) is 0 Å². The van der Waals surface area contributed by atoms with Crippen LogP contribution >= 0.6 is 19.4 Å². The van der Waals surface area contributed by atoms with Crippen molar-refractivity contribution in [1.29, 1.82) is 0 Å². The van der Waals surface area contributed by atoms with E-state index in [1.807, 2.05) is 41.5 Å². The van der Waals surface area contributed by atoms with E-state index in [9.17, 15) is 4.57 Å². The van der Waals surface area contributed by atoms with E-state index in [-0.39, 0.29) is 29.4 Å². The van der Waals surface area contributed by atoms with Crippen LogP contribution in [0.15, 0.2) is 0 Å². The molecule has 2 heterocycles. The van der Waals surface area contributed by atoms with E-state index in [4.69, 9.17) is 18.5 Å². The average molecular weight is 338 g/mol. The molecule has 0 N–H and O–H groups in total. The minimum atomic E-state index is -3.17. The molecule has 0 aromatic carbocycles. The molecule has 2 rings (SSSR count). The van der Waals surface area contributed by atoms with Crippen molar-refractivity contribution in [3.05, 3.63) is 0 Å².